The maximum absolute atomic E-state index is 12.6. The van der Waals surface area contributed by atoms with E-state index < -0.39 is 12.0 Å². The molecule has 1 heterocycles. The highest BCUT2D eigenvalue weighted by atomic mass is 32.2. The van der Waals surface area contributed by atoms with Gasteiger partial charge in [0.15, 0.2) is 5.16 Å². The lowest BCUT2D eigenvalue weighted by Crippen LogP contribution is -2.46. The van der Waals surface area contributed by atoms with Gasteiger partial charge in [-0.05, 0) is 18.1 Å². The van der Waals surface area contributed by atoms with Gasteiger partial charge >= 0.3 is 5.97 Å². The first-order valence-electron chi connectivity index (χ1n) is 10.2. The molecule has 6 nitrogen and oxygen atoms in total. The minimum absolute atomic E-state index is 0.0163. The third-order valence-electron chi connectivity index (χ3n) is 5.13. The summed E-state index contributed by atoms with van der Waals surface area (Å²) in [5.74, 6) is -0.533. The average molecular weight is 438 g/mol. The molecule has 0 spiro atoms. The van der Waals surface area contributed by atoms with Crippen molar-refractivity contribution >= 4 is 23.6 Å². The monoisotopic (exact) mass is 437 g/mol. The molecule has 1 amide bonds. The Kier molecular flexibility index (Phi) is 7.89. The Balaban J connectivity index is 1.81. The number of hydrogen-bond donors (Lipinski definition) is 1. The maximum atomic E-state index is 12.6. The van der Waals surface area contributed by atoms with E-state index in [0.717, 1.165) is 23.4 Å². The van der Waals surface area contributed by atoms with Gasteiger partial charge in [-0.15, -0.1) is 0 Å². The Morgan fingerprint density at radius 2 is 1.74 bits per heavy atom. The standard InChI is InChI=1S/C24H27N3O3S/c1-4-17(2)22(23(29)30-3)26-21(28)16-31-24-25-15-20(18-11-7-5-8-12-18)27(24)19-13-9-6-10-14-19/h5-15,17,22H,4,16H2,1-3H3,(H,26,28). The molecule has 2 atom stereocenters. The number of para-hydroxylation sites is 1. The molecular formula is C24H27N3O3S. The molecule has 3 rings (SSSR count). The van der Waals surface area contributed by atoms with Crippen molar-refractivity contribution in [2.45, 2.75) is 31.5 Å². The molecule has 7 heteroatoms. The van der Waals surface area contributed by atoms with Gasteiger partial charge in [0, 0.05) is 11.3 Å². The molecule has 0 aliphatic carbocycles. The van der Waals surface area contributed by atoms with Gasteiger partial charge in [-0.3, -0.25) is 9.36 Å². The number of carbonyl (C=O) groups excluding carboxylic acids is 2. The molecule has 162 valence electrons. The number of amides is 1. The average Bonchev–Trinajstić information content (AvgIpc) is 3.25. The second-order valence-electron chi connectivity index (χ2n) is 7.21. The van der Waals surface area contributed by atoms with E-state index in [-0.39, 0.29) is 17.6 Å². The number of thioether (sulfide) groups is 1. The van der Waals surface area contributed by atoms with Crippen molar-refractivity contribution in [3.8, 4) is 16.9 Å². The minimum atomic E-state index is -0.656. The number of nitrogens with one attached hydrogen (secondary N) is 1. The van der Waals surface area contributed by atoms with Crippen LogP contribution in [-0.4, -0.2) is 40.3 Å². The van der Waals surface area contributed by atoms with Crippen molar-refractivity contribution < 1.29 is 14.3 Å². The molecule has 0 saturated heterocycles. The largest absolute Gasteiger partial charge is 0.467 e. The van der Waals surface area contributed by atoms with E-state index in [4.69, 9.17) is 4.74 Å². The Labute approximate surface area is 187 Å². The predicted octanol–water partition coefficient (Wildman–Crippen LogP) is 4.34. The number of esters is 1. The van der Waals surface area contributed by atoms with Crippen molar-refractivity contribution in [1.29, 1.82) is 0 Å². The van der Waals surface area contributed by atoms with E-state index in [1.165, 1.54) is 18.9 Å². The lowest BCUT2D eigenvalue weighted by atomic mass is 9.99. The molecule has 0 bridgehead atoms. The van der Waals surface area contributed by atoms with E-state index in [1.54, 1.807) is 0 Å². The number of ether oxygens (including phenoxy) is 1. The highest BCUT2D eigenvalue weighted by molar-refractivity contribution is 7.99. The van der Waals surface area contributed by atoms with Gasteiger partial charge < -0.3 is 10.1 Å². The van der Waals surface area contributed by atoms with E-state index in [1.807, 2.05) is 85.3 Å². The van der Waals surface area contributed by atoms with E-state index >= 15 is 0 Å². The predicted molar refractivity (Wildman–Crippen MR) is 123 cm³/mol. The first-order chi connectivity index (χ1) is 15.0. The zero-order chi connectivity index (χ0) is 22.2. The lowest BCUT2D eigenvalue weighted by Gasteiger charge is -2.21. The van der Waals surface area contributed by atoms with Crippen molar-refractivity contribution in [1.82, 2.24) is 14.9 Å². The van der Waals surface area contributed by atoms with E-state index in [0.29, 0.717) is 5.16 Å². The lowest BCUT2D eigenvalue weighted by molar-refractivity contribution is -0.146. The van der Waals surface area contributed by atoms with Gasteiger partial charge in [-0.2, -0.15) is 0 Å². The summed E-state index contributed by atoms with van der Waals surface area (Å²) in [6.07, 6.45) is 2.57. The maximum Gasteiger partial charge on any atom is 0.328 e. The van der Waals surface area contributed by atoms with Gasteiger partial charge in [0.2, 0.25) is 5.91 Å². The number of aromatic nitrogens is 2. The van der Waals surface area contributed by atoms with Crippen LogP contribution < -0.4 is 5.32 Å². The summed E-state index contributed by atoms with van der Waals surface area (Å²) in [4.78, 5) is 29.3. The Bertz CT molecular complexity index is 1010. The summed E-state index contributed by atoms with van der Waals surface area (Å²) in [5.41, 5.74) is 2.95. The molecule has 0 fully saturated rings. The summed E-state index contributed by atoms with van der Waals surface area (Å²) in [6, 6.07) is 19.3. The highest BCUT2D eigenvalue weighted by Gasteiger charge is 2.27. The number of methoxy groups -OCH3 is 1. The van der Waals surface area contributed by atoms with Crippen molar-refractivity contribution in [3.63, 3.8) is 0 Å². The Morgan fingerprint density at radius 3 is 2.35 bits per heavy atom. The summed E-state index contributed by atoms with van der Waals surface area (Å²) in [6.45, 7) is 3.90. The van der Waals surface area contributed by atoms with Gasteiger partial charge in [0.25, 0.3) is 0 Å². The normalized spacial score (nSPS) is 12.7. The zero-order valence-corrected chi connectivity index (χ0v) is 18.8. The van der Waals surface area contributed by atoms with E-state index in [9.17, 15) is 9.59 Å². The number of benzene rings is 2. The fourth-order valence-corrected chi connectivity index (χ4v) is 4.02. The molecular weight excluding hydrogens is 410 g/mol. The molecule has 2 aromatic carbocycles. The van der Waals surface area contributed by atoms with Crippen LogP contribution in [0, 0.1) is 5.92 Å². The van der Waals surface area contributed by atoms with Crippen molar-refractivity contribution in [3.05, 3.63) is 66.9 Å². The molecule has 1 aromatic heterocycles. The van der Waals surface area contributed by atoms with Crippen LogP contribution >= 0.6 is 11.8 Å². The third kappa shape index (κ3) is 5.55. The fraction of sp³-hybridized carbons (Fsp3) is 0.292. The third-order valence-corrected chi connectivity index (χ3v) is 6.08. The highest BCUT2D eigenvalue weighted by Crippen LogP contribution is 2.29. The first kappa shape index (κ1) is 22.6. The molecule has 0 aliphatic heterocycles. The second kappa shape index (κ2) is 10.8. The smallest absolute Gasteiger partial charge is 0.328 e. The van der Waals surface area contributed by atoms with Crippen LogP contribution in [0.25, 0.3) is 16.9 Å². The molecule has 0 saturated carbocycles. The van der Waals surface area contributed by atoms with Crippen LogP contribution in [0.1, 0.15) is 20.3 Å². The summed E-state index contributed by atoms with van der Waals surface area (Å²) in [5, 5.41) is 3.52. The summed E-state index contributed by atoms with van der Waals surface area (Å²) in [7, 11) is 1.33. The quantitative estimate of drug-likeness (QED) is 0.398. The van der Waals surface area contributed by atoms with Crippen LogP contribution in [0.3, 0.4) is 0 Å². The number of rotatable bonds is 9. The van der Waals surface area contributed by atoms with Crippen LogP contribution in [0.5, 0.6) is 0 Å². The van der Waals surface area contributed by atoms with Gasteiger partial charge in [0.05, 0.1) is 24.8 Å². The minimum Gasteiger partial charge on any atom is -0.467 e. The van der Waals surface area contributed by atoms with Crippen LogP contribution in [0.15, 0.2) is 72.0 Å². The zero-order valence-electron chi connectivity index (χ0n) is 17.9. The molecule has 3 aromatic rings. The first-order valence-corrected chi connectivity index (χ1v) is 11.2. The number of imidazole rings is 1. The Morgan fingerprint density at radius 1 is 1.10 bits per heavy atom. The molecule has 31 heavy (non-hydrogen) atoms. The Hall–Kier alpha value is -3.06. The molecule has 0 radical (unpaired) electrons. The SMILES string of the molecule is CCC(C)C(NC(=O)CSc1ncc(-c2ccccc2)n1-c1ccccc1)C(=O)OC. The van der Waals surface area contributed by atoms with Crippen LogP contribution in [-0.2, 0) is 14.3 Å². The molecule has 1 N–H and O–H groups in total. The number of carbonyl (C=O) groups is 2. The number of nitrogens with zero attached hydrogens (tertiary/aromatic N) is 2. The second-order valence-corrected chi connectivity index (χ2v) is 8.15. The molecule has 0 aliphatic rings. The fourth-order valence-electron chi connectivity index (χ4n) is 3.22. The molecule has 2 unspecified atom stereocenters. The van der Waals surface area contributed by atoms with Gasteiger partial charge in [-0.1, -0.05) is 80.6 Å². The van der Waals surface area contributed by atoms with Crippen molar-refractivity contribution in [2.24, 2.45) is 5.92 Å². The van der Waals surface area contributed by atoms with Gasteiger partial charge in [0.1, 0.15) is 6.04 Å². The van der Waals surface area contributed by atoms with Crippen LogP contribution in [0.2, 0.25) is 0 Å². The van der Waals surface area contributed by atoms with Crippen molar-refractivity contribution in [2.75, 3.05) is 12.9 Å². The summed E-state index contributed by atoms with van der Waals surface area (Å²) < 4.78 is 6.89. The topological polar surface area (TPSA) is 73.2 Å². The number of hydrogen-bond acceptors (Lipinski definition) is 5. The summed E-state index contributed by atoms with van der Waals surface area (Å²) >= 11 is 1.33. The van der Waals surface area contributed by atoms with E-state index in [2.05, 4.69) is 10.3 Å². The van der Waals surface area contributed by atoms with Gasteiger partial charge in [-0.25, -0.2) is 9.78 Å². The van der Waals surface area contributed by atoms with Crippen LogP contribution in [0.4, 0.5) is 0 Å².